The van der Waals surface area contributed by atoms with Crippen LogP contribution in [0.15, 0.2) is 84.9 Å². The molecule has 1 amide bonds. The number of nitrogens with zero attached hydrogens (tertiary/aromatic N) is 1. The summed E-state index contributed by atoms with van der Waals surface area (Å²) in [5, 5.41) is 0. The molecule has 1 fully saturated rings. The number of carbonyl (C=O) groups is 3. The molecule has 0 aromatic heterocycles. The summed E-state index contributed by atoms with van der Waals surface area (Å²) in [6, 6.07) is 26.7. The number of likely N-dealkylation sites (tertiary alicyclic amines) is 1. The van der Waals surface area contributed by atoms with Gasteiger partial charge in [-0.05, 0) is 16.7 Å². The van der Waals surface area contributed by atoms with Crippen molar-refractivity contribution >= 4 is 17.7 Å². The zero-order valence-electron chi connectivity index (χ0n) is 17.1. The van der Waals surface area contributed by atoms with E-state index in [0.717, 1.165) is 16.7 Å². The van der Waals surface area contributed by atoms with Crippen LogP contribution in [0.25, 0.3) is 11.1 Å². The van der Waals surface area contributed by atoms with Crippen LogP contribution < -0.4 is 0 Å². The van der Waals surface area contributed by atoms with Crippen LogP contribution in [0.5, 0.6) is 0 Å². The third-order valence-electron chi connectivity index (χ3n) is 5.42. The van der Waals surface area contributed by atoms with E-state index in [1.54, 1.807) is 17.0 Å². The Balaban J connectivity index is 1.29. The molecule has 1 heterocycles. The van der Waals surface area contributed by atoms with Gasteiger partial charge in [0.25, 0.3) is 0 Å². The van der Waals surface area contributed by atoms with Crippen LogP contribution in [0.1, 0.15) is 22.3 Å². The van der Waals surface area contributed by atoms with Crippen molar-refractivity contribution in [3.05, 3.63) is 96.1 Å². The quantitative estimate of drug-likeness (QED) is 0.432. The minimum atomic E-state index is -0.538. The Hall–Kier alpha value is -3.73. The molecule has 0 bridgehead atoms. The molecule has 1 aliphatic rings. The molecule has 5 heteroatoms. The molecule has 156 valence electrons. The van der Waals surface area contributed by atoms with E-state index in [4.69, 9.17) is 4.74 Å². The van der Waals surface area contributed by atoms with Gasteiger partial charge in [0.15, 0.2) is 12.4 Å². The second kappa shape index (κ2) is 9.39. The van der Waals surface area contributed by atoms with Gasteiger partial charge in [0.2, 0.25) is 5.91 Å². The number of amides is 1. The molecular weight excluding hydrogens is 390 g/mol. The van der Waals surface area contributed by atoms with Gasteiger partial charge in [-0.3, -0.25) is 14.4 Å². The predicted molar refractivity (Wildman–Crippen MR) is 117 cm³/mol. The zero-order chi connectivity index (χ0) is 21.6. The van der Waals surface area contributed by atoms with Crippen molar-refractivity contribution in [1.82, 2.24) is 4.90 Å². The van der Waals surface area contributed by atoms with Gasteiger partial charge in [-0.2, -0.15) is 0 Å². The molecule has 1 aliphatic heterocycles. The third kappa shape index (κ3) is 5.07. The number of hydrogen-bond acceptors (Lipinski definition) is 4. The topological polar surface area (TPSA) is 63.7 Å². The lowest BCUT2D eigenvalue weighted by atomic mass is 10.0. The Morgan fingerprint density at radius 2 is 1.45 bits per heavy atom. The molecule has 0 N–H and O–H groups in total. The molecular formula is C26H23NO4. The Kier molecular flexibility index (Phi) is 6.22. The van der Waals surface area contributed by atoms with Crippen LogP contribution in [0.3, 0.4) is 0 Å². The first kappa shape index (κ1) is 20.5. The van der Waals surface area contributed by atoms with Crippen LogP contribution in [-0.4, -0.2) is 35.7 Å². The zero-order valence-corrected chi connectivity index (χ0v) is 17.1. The fourth-order valence-electron chi connectivity index (χ4n) is 3.70. The molecule has 0 unspecified atom stereocenters. The molecule has 1 atom stereocenters. The van der Waals surface area contributed by atoms with Crippen molar-refractivity contribution in [2.75, 3.05) is 13.2 Å². The summed E-state index contributed by atoms with van der Waals surface area (Å²) < 4.78 is 5.24. The largest absolute Gasteiger partial charge is 0.457 e. The van der Waals surface area contributed by atoms with E-state index in [1.165, 1.54) is 0 Å². The number of esters is 1. The Morgan fingerprint density at radius 1 is 0.839 bits per heavy atom. The van der Waals surface area contributed by atoms with E-state index in [0.29, 0.717) is 18.7 Å². The number of rotatable bonds is 7. The third-order valence-corrected chi connectivity index (χ3v) is 5.42. The molecule has 0 radical (unpaired) electrons. The summed E-state index contributed by atoms with van der Waals surface area (Å²) in [6.07, 6.45) is 0.117. The van der Waals surface area contributed by atoms with E-state index in [-0.39, 0.29) is 24.7 Å². The fraction of sp³-hybridized carbons (Fsp3) is 0.192. The first-order valence-corrected chi connectivity index (χ1v) is 10.3. The van der Waals surface area contributed by atoms with Gasteiger partial charge in [0.05, 0.1) is 5.92 Å². The summed E-state index contributed by atoms with van der Waals surface area (Å²) in [6.45, 7) is 0.454. The lowest BCUT2D eigenvalue weighted by molar-refractivity contribution is -0.147. The summed E-state index contributed by atoms with van der Waals surface area (Å²) in [5.41, 5.74) is 3.58. The average Bonchev–Trinajstić information content (AvgIpc) is 3.19. The van der Waals surface area contributed by atoms with E-state index >= 15 is 0 Å². The fourth-order valence-corrected chi connectivity index (χ4v) is 3.70. The highest BCUT2D eigenvalue weighted by Crippen LogP contribution is 2.22. The molecule has 0 saturated carbocycles. The van der Waals surface area contributed by atoms with Gasteiger partial charge < -0.3 is 9.64 Å². The van der Waals surface area contributed by atoms with Crippen molar-refractivity contribution in [3.63, 3.8) is 0 Å². The Labute approximate surface area is 181 Å². The van der Waals surface area contributed by atoms with E-state index in [9.17, 15) is 14.4 Å². The van der Waals surface area contributed by atoms with E-state index in [2.05, 4.69) is 0 Å². The Morgan fingerprint density at radius 3 is 2.13 bits per heavy atom. The second-order valence-corrected chi connectivity index (χ2v) is 7.64. The molecule has 1 saturated heterocycles. The first-order chi connectivity index (χ1) is 15.1. The molecule has 0 aliphatic carbocycles. The van der Waals surface area contributed by atoms with Crippen LogP contribution in [-0.2, 0) is 20.9 Å². The van der Waals surface area contributed by atoms with Crippen molar-refractivity contribution in [3.8, 4) is 11.1 Å². The smallest absolute Gasteiger partial charge is 0.311 e. The van der Waals surface area contributed by atoms with E-state index < -0.39 is 11.9 Å². The molecule has 31 heavy (non-hydrogen) atoms. The number of carbonyl (C=O) groups excluding carboxylic acids is 3. The normalized spacial score (nSPS) is 15.7. The summed E-state index contributed by atoms with van der Waals surface area (Å²) in [7, 11) is 0. The van der Waals surface area contributed by atoms with Crippen molar-refractivity contribution < 1.29 is 19.1 Å². The van der Waals surface area contributed by atoms with Crippen LogP contribution in [0, 0.1) is 5.92 Å². The van der Waals surface area contributed by atoms with Crippen LogP contribution in [0.2, 0.25) is 0 Å². The monoisotopic (exact) mass is 413 g/mol. The number of Topliss-reactive ketones (excluding diaryl/α,β-unsaturated/α-hetero) is 1. The van der Waals surface area contributed by atoms with Crippen molar-refractivity contribution in [2.24, 2.45) is 5.92 Å². The molecule has 3 aromatic rings. The number of ketones is 1. The van der Waals surface area contributed by atoms with Gasteiger partial charge in [-0.1, -0.05) is 84.9 Å². The summed E-state index contributed by atoms with van der Waals surface area (Å²) in [5.74, 6) is -1.38. The minimum absolute atomic E-state index is 0.0753. The number of ether oxygens (including phenoxy) is 1. The van der Waals surface area contributed by atoms with Crippen molar-refractivity contribution in [1.29, 1.82) is 0 Å². The second-order valence-electron chi connectivity index (χ2n) is 7.64. The molecule has 0 spiro atoms. The molecule has 5 nitrogen and oxygen atoms in total. The van der Waals surface area contributed by atoms with Gasteiger partial charge in [-0.15, -0.1) is 0 Å². The van der Waals surface area contributed by atoms with Gasteiger partial charge >= 0.3 is 5.97 Å². The first-order valence-electron chi connectivity index (χ1n) is 10.3. The van der Waals surface area contributed by atoms with Crippen LogP contribution in [0.4, 0.5) is 0 Å². The SMILES string of the molecule is O=C(COC(=O)[C@@H]1CC(=O)N(Cc2ccccc2)C1)c1ccc(-c2ccccc2)cc1. The van der Waals surface area contributed by atoms with Crippen LogP contribution >= 0.6 is 0 Å². The van der Waals surface area contributed by atoms with Crippen molar-refractivity contribution in [2.45, 2.75) is 13.0 Å². The lowest BCUT2D eigenvalue weighted by Crippen LogP contribution is -2.27. The number of hydrogen-bond donors (Lipinski definition) is 0. The average molecular weight is 413 g/mol. The van der Waals surface area contributed by atoms with Gasteiger partial charge in [0, 0.05) is 25.1 Å². The molecule has 4 rings (SSSR count). The lowest BCUT2D eigenvalue weighted by Gasteiger charge is -2.16. The highest BCUT2D eigenvalue weighted by Gasteiger charge is 2.35. The van der Waals surface area contributed by atoms with E-state index in [1.807, 2.05) is 72.8 Å². The maximum absolute atomic E-state index is 12.4. The predicted octanol–water partition coefficient (Wildman–Crippen LogP) is 4.13. The minimum Gasteiger partial charge on any atom is -0.457 e. The maximum Gasteiger partial charge on any atom is 0.311 e. The highest BCUT2D eigenvalue weighted by atomic mass is 16.5. The maximum atomic E-state index is 12.4. The number of benzene rings is 3. The summed E-state index contributed by atoms with van der Waals surface area (Å²) in [4.78, 5) is 38.7. The standard InChI is InChI=1S/C26H23NO4/c28-24(22-13-11-21(12-14-22)20-9-5-2-6-10-20)18-31-26(30)23-15-25(29)27(17-23)16-19-7-3-1-4-8-19/h1-14,23H,15-18H2/t23-/m1/s1. The summed E-state index contributed by atoms with van der Waals surface area (Å²) >= 11 is 0. The highest BCUT2D eigenvalue weighted by molar-refractivity contribution is 5.98. The molecule has 3 aromatic carbocycles. The van der Waals surface area contributed by atoms with Gasteiger partial charge in [0.1, 0.15) is 0 Å². The van der Waals surface area contributed by atoms with Gasteiger partial charge in [-0.25, -0.2) is 0 Å². The Bertz CT molecular complexity index is 1060.